The molecule has 2 atom stereocenters. The summed E-state index contributed by atoms with van der Waals surface area (Å²) in [5.41, 5.74) is 0.837. The number of amides is 2. The fraction of sp³-hybridized carbons (Fsp3) is 0.471. The van der Waals surface area contributed by atoms with Gasteiger partial charge in [-0.25, -0.2) is 0 Å². The Labute approximate surface area is 140 Å². The second-order valence-corrected chi connectivity index (χ2v) is 5.78. The van der Waals surface area contributed by atoms with E-state index in [2.05, 4.69) is 5.32 Å². The van der Waals surface area contributed by atoms with Crippen LogP contribution in [0.1, 0.15) is 31.4 Å². The molecule has 1 saturated heterocycles. The van der Waals surface area contributed by atoms with E-state index in [0.29, 0.717) is 13.2 Å². The SMILES string of the molecule is CC(=O)NC(CC(=O)N1CCOCC1CC(=O)O)c1ccccc1. The number of ether oxygens (including phenoxy) is 1. The number of rotatable bonds is 6. The number of aliphatic carboxylic acids is 1. The van der Waals surface area contributed by atoms with Gasteiger partial charge in [0.2, 0.25) is 11.8 Å². The third kappa shape index (κ3) is 5.06. The molecule has 7 nitrogen and oxygen atoms in total. The van der Waals surface area contributed by atoms with E-state index in [-0.39, 0.29) is 31.3 Å². The van der Waals surface area contributed by atoms with Gasteiger partial charge in [-0.15, -0.1) is 0 Å². The molecule has 1 aromatic carbocycles. The molecule has 0 radical (unpaired) electrons. The van der Waals surface area contributed by atoms with Crippen molar-refractivity contribution in [2.75, 3.05) is 19.8 Å². The summed E-state index contributed by atoms with van der Waals surface area (Å²) < 4.78 is 5.29. The zero-order chi connectivity index (χ0) is 17.5. The van der Waals surface area contributed by atoms with Gasteiger partial charge in [0.05, 0.1) is 38.1 Å². The standard InChI is InChI=1S/C17H22N2O5/c1-12(20)18-15(13-5-3-2-4-6-13)10-16(21)19-7-8-24-11-14(19)9-17(22)23/h2-6,14-15H,7-11H2,1H3,(H,18,20)(H,22,23). The molecule has 2 unspecified atom stereocenters. The molecule has 130 valence electrons. The van der Waals surface area contributed by atoms with Crippen LogP contribution in [-0.2, 0) is 19.1 Å². The van der Waals surface area contributed by atoms with Crippen LogP contribution in [0.15, 0.2) is 30.3 Å². The lowest BCUT2D eigenvalue weighted by atomic mass is 10.0. The van der Waals surface area contributed by atoms with Crippen LogP contribution in [0.25, 0.3) is 0 Å². The van der Waals surface area contributed by atoms with Gasteiger partial charge in [-0.2, -0.15) is 0 Å². The maximum absolute atomic E-state index is 12.7. The summed E-state index contributed by atoms with van der Waals surface area (Å²) in [5.74, 6) is -1.38. The number of nitrogens with zero attached hydrogens (tertiary/aromatic N) is 1. The smallest absolute Gasteiger partial charge is 0.305 e. The average molecular weight is 334 g/mol. The molecule has 1 fully saturated rings. The minimum atomic E-state index is -0.968. The number of hydrogen-bond donors (Lipinski definition) is 2. The highest BCUT2D eigenvalue weighted by Crippen LogP contribution is 2.20. The summed E-state index contributed by atoms with van der Waals surface area (Å²) in [6.07, 6.45) is -0.0679. The fourth-order valence-electron chi connectivity index (χ4n) is 2.83. The first-order chi connectivity index (χ1) is 11.5. The second kappa shape index (κ2) is 8.44. The van der Waals surface area contributed by atoms with Crippen LogP contribution >= 0.6 is 0 Å². The highest BCUT2D eigenvalue weighted by atomic mass is 16.5. The molecule has 2 N–H and O–H groups in total. The van der Waals surface area contributed by atoms with Crippen LogP contribution in [0.5, 0.6) is 0 Å². The number of carboxylic acid groups (broad SMARTS) is 1. The highest BCUT2D eigenvalue weighted by molar-refractivity contribution is 5.80. The fourth-order valence-corrected chi connectivity index (χ4v) is 2.83. The monoisotopic (exact) mass is 334 g/mol. The highest BCUT2D eigenvalue weighted by Gasteiger charge is 2.30. The molecular weight excluding hydrogens is 312 g/mol. The Balaban J connectivity index is 2.10. The van der Waals surface area contributed by atoms with E-state index in [0.717, 1.165) is 5.56 Å². The van der Waals surface area contributed by atoms with E-state index >= 15 is 0 Å². The second-order valence-electron chi connectivity index (χ2n) is 5.78. The summed E-state index contributed by atoms with van der Waals surface area (Å²) in [6, 6.07) is 8.33. The molecule has 0 saturated carbocycles. The van der Waals surface area contributed by atoms with Crippen molar-refractivity contribution in [2.24, 2.45) is 0 Å². The van der Waals surface area contributed by atoms with Gasteiger partial charge in [0, 0.05) is 13.5 Å². The molecule has 0 bridgehead atoms. The van der Waals surface area contributed by atoms with Crippen LogP contribution in [0.4, 0.5) is 0 Å². The van der Waals surface area contributed by atoms with Crippen LogP contribution in [-0.4, -0.2) is 53.6 Å². The van der Waals surface area contributed by atoms with Crippen LogP contribution in [0.3, 0.4) is 0 Å². The lowest BCUT2D eigenvalue weighted by molar-refractivity contribution is -0.146. The van der Waals surface area contributed by atoms with Gasteiger partial charge in [0.1, 0.15) is 0 Å². The van der Waals surface area contributed by atoms with E-state index in [1.807, 2.05) is 30.3 Å². The first-order valence-corrected chi connectivity index (χ1v) is 7.88. The minimum Gasteiger partial charge on any atom is -0.481 e. The third-order valence-corrected chi connectivity index (χ3v) is 3.92. The number of carbonyl (C=O) groups excluding carboxylic acids is 2. The topological polar surface area (TPSA) is 95.9 Å². The van der Waals surface area contributed by atoms with Gasteiger partial charge in [0.15, 0.2) is 0 Å². The van der Waals surface area contributed by atoms with Gasteiger partial charge in [-0.1, -0.05) is 30.3 Å². The van der Waals surface area contributed by atoms with Crippen LogP contribution < -0.4 is 5.32 Å². The Bertz CT molecular complexity index is 590. The molecule has 0 aliphatic carbocycles. The number of nitrogens with one attached hydrogen (secondary N) is 1. The normalized spacial score (nSPS) is 18.7. The lowest BCUT2D eigenvalue weighted by Crippen LogP contribution is -2.50. The largest absolute Gasteiger partial charge is 0.481 e. The molecule has 2 rings (SSSR count). The summed E-state index contributed by atoms with van der Waals surface area (Å²) in [6.45, 7) is 2.37. The number of hydrogen-bond acceptors (Lipinski definition) is 4. The van der Waals surface area contributed by atoms with Crippen molar-refractivity contribution in [2.45, 2.75) is 31.8 Å². The molecule has 7 heteroatoms. The summed E-state index contributed by atoms with van der Waals surface area (Å²) in [4.78, 5) is 36.7. The molecule has 1 aliphatic rings. The number of carboxylic acids is 1. The molecule has 2 amide bonds. The Hall–Kier alpha value is -2.41. The van der Waals surface area contributed by atoms with E-state index in [9.17, 15) is 14.4 Å². The van der Waals surface area contributed by atoms with Gasteiger partial charge < -0.3 is 20.1 Å². The predicted octanol–water partition coefficient (Wildman–Crippen LogP) is 0.956. The number of carbonyl (C=O) groups is 3. The Kier molecular flexibility index (Phi) is 6.31. The van der Waals surface area contributed by atoms with Crippen molar-refractivity contribution in [1.29, 1.82) is 0 Å². The van der Waals surface area contributed by atoms with Crippen molar-refractivity contribution < 1.29 is 24.2 Å². The maximum Gasteiger partial charge on any atom is 0.305 e. The zero-order valence-corrected chi connectivity index (χ0v) is 13.6. The van der Waals surface area contributed by atoms with Crippen molar-refractivity contribution in [3.05, 3.63) is 35.9 Å². The van der Waals surface area contributed by atoms with Crippen molar-refractivity contribution >= 4 is 17.8 Å². The van der Waals surface area contributed by atoms with Crippen LogP contribution in [0.2, 0.25) is 0 Å². The van der Waals surface area contributed by atoms with E-state index in [1.165, 1.54) is 6.92 Å². The minimum absolute atomic E-state index is 0.0830. The summed E-state index contributed by atoms with van der Waals surface area (Å²) in [5, 5.41) is 11.8. The molecule has 1 aromatic rings. The van der Waals surface area contributed by atoms with E-state index in [4.69, 9.17) is 9.84 Å². The van der Waals surface area contributed by atoms with E-state index < -0.39 is 18.1 Å². The molecule has 0 aromatic heterocycles. The quantitative estimate of drug-likeness (QED) is 0.808. The average Bonchev–Trinajstić information content (AvgIpc) is 2.54. The van der Waals surface area contributed by atoms with Gasteiger partial charge in [0.25, 0.3) is 0 Å². The Morgan fingerprint density at radius 2 is 2.04 bits per heavy atom. The maximum atomic E-state index is 12.7. The molecule has 24 heavy (non-hydrogen) atoms. The van der Waals surface area contributed by atoms with Crippen molar-refractivity contribution in [3.63, 3.8) is 0 Å². The van der Waals surface area contributed by atoms with Gasteiger partial charge >= 0.3 is 5.97 Å². The Morgan fingerprint density at radius 3 is 2.67 bits per heavy atom. The number of benzene rings is 1. The van der Waals surface area contributed by atoms with Crippen molar-refractivity contribution in [3.8, 4) is 0 Å². The van der Waals surface area contributed by atoms with Gasteiger partial charge in [-0.05, 0) is 5.56 Å². The molecule has 0 spiro atoms. The summed E-state index contributed by atoms with van der Waals surface area (Å²) >= 11 is 0. The number of morpholine rings is 1. The molecular formula is C17H22N2O5. The van der Waals surface area contributed by atoms with Crippen LogP contribution in [0, 0.1) is 0 Å². The van der Waals surface area contributed by atoms with Gasteiger partial charge in [-0.3, -0.25) is 14.4 Å². The zero-order valence-electron chi connectivity index (χ0n) is 13.6. The third-order valence-electron chi connectivity index (χ3n) is 3.92. The summed E-state index contributed by atoms with van der Waals surface area (Å²) in [7, 11) is 0. The Morgan fingerprint density at radius 1 is 1.33 bits per heavy atom. The first kappa shape index (κ1) is 17.9. The lowest BCUT2D eigenvalue weighted by Gasteiger charge is -2.35. The van der Waals surface area contributed by atoms with Crippen molar-refractivity contribution in [1.82, 2.24) is 10.2 Å². The van der Waals surface area contributed by atoms with E-state index in [1.54, 1.807) is 4.90 Å². The molecule has 1 aliphatic heterocycles. The first-order valence-electron chi connectivity index (χ1n) is 7.88. The predicted molar refractivity (Wildman–Crippen MR) is 86.2 cm³/mol. The molecule has 1 heterocycles.